The largest absolute Gasteiger partial charge is 0.208 e. The van der Waals surface area contributed by atoms with Crippen LogP contribution >= 0.6 is 11.3 Å². The lowest BCUT2D eigenvalue weighted by Crippen LogP contribution is -2.42. The van der Waals surface area contributed by atoms with Gasteiger partial charge in [0.1, 0.15) is 0 Å². The predicted octanol–water partition coefficient (Wildman–Crippen LogP) is 13.7. The van der Waals surface area contributed by atoms with Gasteiger partial charge in [-0.3, -0.25) is 0 Å². The fourth-order valence-electron chi connectivity index (χ4n) is 12.9. The average Bonchev–Trinajstić information content (AvgIpc) is 3.57. The highest BCUT2D eigenvalue weighted by atomic mass is 32.1. The number of thiophene rings is 1. The highest BCUT2D eigenvalue weighted by Gasteiger charge is 2.46. The molecule has 10 rings (SSSR count). The first-order valence-corrected chi connectivity index (χ1v) is 22.3. The van der Waals surface area contributed by atoms with Crippen molar-refractivity contribution in [2.45, 2.75) is 109 Å². The molecule has 5 heteroatoms. The van der Waals surface area contributed by atoms with Gasteiger partial charge >= 0.3 is 0 Å². The highest BCUT2D eigenvalue weighted by Crippen LogP contribution is 2.56. The van der Waals surface area contributed by atoms with Crippen molar-refractivity contribution in [3.63, 3.8) is 0 Å². The van der Waals surface area contributed by atoms with E-state index in [0.717, 1.165) is 68.5 Å². The van der Waals surface area contributed by atoms with Gasteiger partial charge in [0.15, 0.2) is 17.5 Å². The minimum absolute atomic E-state index is 0.286. The molecule has 3 unspecified atom stereocenters. The maximum absolute atomic E-state index is 9.53. The SMILES string of the molecule is CC[C@@H]1C[C@@H]2C[C@H](C)CC(c3ccc(-c4nc(-c5ccc(C67CC(C[C@@H](C)C6)C[C@H](C)C7)cc5)nc(-c5ccc6c(c5)sc5cc(C#N)ccc56)n4)cc3)(C1)C2. The molecule has 0 N–H and O–H groups in total. The summed E-state index contributed by atoms with van der Waals surface area (Å²) in [7, 11) is 0. The molecule has 0 amide bonds. The van der Waals surface area contributed by atoms with Crippen LogP contribution in [0.1, 0.15) is 115 Å². The summed E-state index contributed by atoms with van der Waals surface area (Å²) < 4.78 is 2.29. The maximum atomic E-state index is 9.53. The second kappa shape index (κ2) is 13.9. The summed E-state index contributed by atoms with van der Waals surface area (Å²) in [6.07, 6.45) is 14.7. The normalized spacial score (nSPS) is 30.0. The average molecular weight is 755 g/mol. The van der Waals surface area contributed by atoms with Gasteiger partial charge in [-0.2, -0.15) is 5.26 Å². The molecule has 4 fully saturated rings. The Kier molecular flexibility index (Phi) is 8.94. The Morgan fingerprint density at radius 2 is 1.04 bits per heavy atom. The van der Waals surface area contributed by atoms with E-state index < -0.39 is 0 Å². The van der Waals surface area contributed by atoms with E-state index in [2.05, 4.69) is 107 Å². The van der Waals surface area contributed by atoms with Crippen LogP contribution in [0.4, 0.5) is 0 Å². The molecule has 4 aliphatic carbocycles. The number of benzene rings is 4. The molecule has 4 nitrogen and oxygen atoms in total. The predicted molar refractivity (Wildman–Crippen MR) is 232 cm³/mol. The molecule has 2 heterocycles. The molecule has 4 aromatic carbocycles. The third-order valence-electron chi connectivity index (χ3n) is 14.7. The fourth-order valence-corrected chi connectivity index (χ4v) is 14.1. The van der Waals surface area contributed by atoms with E-state index >= 15 is 0 Å². The number of rotatable bonds is 6. The van der Waals surface area contributed by atoms with Crippen molar-refractivity contribution in [2.75, 3.05) is 0 Å². The zero-order valence-corrected chi connectivity index (χ0v) is 34.3. The van der Waals surface area contributed by atoms with Gasteiger partial charge in [-0.15, -0.1) is 11.3 Å². The van der Waals surface area contributed by atoms with Crippen molar-refractivity contribution < 1.29 is 0 Å². The number of nitrogens with zero attached hydrogens (tertiary/aromatic N) is 4. The summed E-state index contributed by atoms with van der Waals surface area (Å²) in [6.45, 7) is 9.80. The zero-order valence-electron chi connectivity index (χ0n) is 33.5. The van der Waals surface area contributed by atoms with Crippen molar-refractivity contribution in [3.05, 3.63) is 102 Å². The molecule has 0 aliphatic heterocycles. The number of fused-ring (bicyclic) bond motifs is 7. The summed E-state index contributed by atoms with van der Waals surface area (Å²) in [5.41, 5.74) is 7.33. The summed E-state index contributed by atoms with van der Waals surface area (Å²) in [4.78, 5) is 15.7. The molecule has 8 atom stereocenters. The Morgan fingerprint density at radius 3 is 1.57 bits per heavy atom. The quantitative estimate of drug-likeness (QED) is 0.170. The summed E-state index contributed by atoms with van der Waals surface area (Å²) in [6, 6.07) is 33.6. The third-order valence-corrected chi connectivity index (χ3v) is 15.8. The lowest BCUT2D eigenvalue weighted by atomic mass is 9.54. The number of hydrogen-bond acceptors (Lipinski definition) is 5. The zero-order chi connectivity index (χ0) is 38.2. The van der Waals surface area contributed by atoms with Crippen LogP contribution in [0.25, 0.3) is 54.3 Å². The lowest BCUT2D eigenvalue weighted by molar-refractivity contribution is 0.0702. The molecule has 284 valence electrons. The van der Waals surface area contributed by atoms with Crippen molar-refractivity contribution in [1.82, 2.24) is 15.0 Å². The summed E-state index contributed by atoms with van der Waals surface area (Å²) in [5.74, 6) is 7.01. The Balaban J connectivity index is 1.05. The molecule has 6 aromatic rings. The first kappa shape index (κ1) is 36.0. The van der Waals surface area contributed by atoms with Gasteiger partial charge in [-0.05, 0) is 140 Å². The van der Waals surface area contributed by atoms with Crippen LogP contribution < -0.4 is 0 Å². The van der Waals surface area contributed by atoms with Crippen LogP contribution in [0.15, 0.2) is 84.9 Å². The van der Waals surface area contributed by atoms with Crippen molar-refractivity contribution >= 4 is 31.5 Å². The number of aromatic nitrogens is 3. The fraction of sp³-hybridized carbons (Fsp3) is 0.451. The molecular weight excluding hydrogens is 701 g/mol. The second-order valence-electron chi connectivity index (χ2n) is 19.1. The van der Waals surface area contributed by atoms with E-state index in [1.54, 1.807) is 11.3 Å². The van der Waals surface area contributed by atoms with E-state index in [1.807, 2.05) is 12.1 Å². The molecule has 4 aliphatic rings. The van der Waals surface area contributed by atoms with Crippen LogP contribution in [-0.2, 0) is 10.8 Å². The third kappa shape index (κ3) is 6.37. The minimum Gasteiger partial charge on any atom is -0.208 e. The van der Waals surface area contributed by atoms with Gasteiger partial charge in [-0.1, -0.05) is 101 Å². The first-order valence-electron chi connectivity index (χ1n) is 21.5. The molecule has 4 bridgehead atoms. The van der Waals surface area contributed by atoms with Crippen LogP contribution in [0, 0.1) is 46.8 Å². The topological polar surface area (TPSA) is 62.5 Å². The van der Waals surface area contributed by atoms with E-state index in [9.17, 15) is 5.26 Å². The van der Waals surface area contributed by atoms with Gasteiger partial charge in [0.05, 0.1) is 11.6 Å². The van der Waals surface area contributed by atoms with Gasteiger partial charge in [-0.25, -0.2) is 15.0 Å². The van der Waals surface area contributed by atoms with Gasteiger partial charge < -0.3 is 0 Å². The van der Waals surface area contributed by atoms with Crippen LogP contribution in [0.3, 0.4) is 0 Å². The summed E-state index contributed by atoms with van der Waals surface area (Å²) >= 11 is 1.72. The minimum atomic E-state index is 0.286. The molecular formula is C51H54N4S. The van der Waals surface area contributed by atoms with Gasteiger partial charge in [0.25, 0.3) is 0 Å². The van der Waals surface area contributed by atoms with Gasteiger partial charge in [0, 0.05) is 36.9 Å². The summed E-state index contributed by atoms with van der Waals surface area (Å²) in [5, 5.41) is 11.9. The van der Waals surface area contributed by atoms with Gasteiger partial charge in [0.2, 0.25) is 0 Å². The van der Waals surface area contributed by atoms with E-state index in [0.29, 0.717) is 11.4 Å². The second-order valence-corrected chi connectivity index (χ2v) is 20.2. The van der Waals surface area contributed by atoms with Crippen LogP contribution in [0.5, 0.6) is 0 Å². The molecule has 2 aromatic heterocycles. The van der Waals surface area contributed by atoms with Crippen molar-refractivity contribution in [2.24, 2.45) is 35.5 Å². The Morgan fingerprint density at radius 1 is 0.571 bits per heavy atom. The standard InChI is InChI=1S/C51H54N4S/c1-5-34-21-37-20-33(4)26-51(27-34,29-37)42-14-9-39(10-15-42)48-53-47(38-7-12-41(13-8-38)50-24-31(2)18-36(28-50)19-32(3)25-50)54-49(55-48)40-11-17-44-43-16-6-35(30-52)22-45(43)56-46(44)23-40/h6-17,22-23,31-34,36-37H,5,18-21,24-29H2,1-4H3/t31-,32+,33-,34+,36?,37-,50?,51?/m0/s1. The Labute approximate surface area is 336 Å². The van der Waals surface area contributed by atoms with Crippen molar-refractivity contribution in [3.8, 4) is 40.2 Å². The number of hydrogen-bond donors (Lipinski definition) is 0. The molecule has 0 saturated heterocycles. The monoisotopic (exact) mass is 754 g/mol. The number of nitriles is 1. The highest BCUT2D eigenvalue weighted by molar-refractivity contribution is 7.25. The Hall–Kier alpha value is -4.40. The lowest BCUT2D eigenvalue weighted by Gasteiger charge is -2.51. The smallest absolute Gasteiger partial charge is 0.164 e. The first-order chi connectivity index (χ1) is 27.2. The molecule has 0 spiro atoms. The Bertz CT molecular complexity index is 2450. The van der Waals surface area contributed by atoms with Crippen LogP contribution in [0.2, 0.25) is 0 Å². The van der Waals surface area contributed by atoms with E-state index in [-0.39, 0.29) is 10.8 Å². The van der Waals surface area contributed by atoms with Crippen molar-refractivity contribution in [1.29, 1.82) is 5.26 Å². The molecule has 0 radical (unpaired) electrons. The maximum Gasteiger partial charge on any atom is 0.164 e. The van der Waals surface area contributed by atoms with E-state index in [4.69, 9.17) is 15.0 Å². The molecule has 4 saturated carbocycles. The van der Waals surface area contributed by atoms with E-state index in [1.165, 1.54) is 97.2 Å². The molecule has 56 heavy (non-hydrogen) atoms. The van der Waals surface area contributed by atoms with Crippen LogP contribution in [-0.4, -0.2) is 15.0 Å².